The van der Waals surface area contributed by atoms with Gasteiger partial charge in [0.15, 0.2) is 0 Å². The number of alkyl halides is 1. The number of halogens is 1. The maximum atomic E-state index is 6.21. The zero-order valence-electron chi connectivity index (χ0n) is 11.1. The minimum absolute atomic E-state index is 0.702. The van der Waals surface area contributed by atoms with Gasteiger partial charge in [-0.25, -0.2) is 0 Å². The van der Waals surface area contributed by atoms with Crippen LogP contribution in [-0.4, -0.2) is 5.88 Å². The highest BCUT2D eigenvalue weighted by Crippen LogP contribution is 2.34. The standard InChI is InChI=1S/C17H23Cl/c18-12-17(14-4-1-2-5-14)11-13-8-9-15-6-3-7-16(15)10-13/h8-10,14,17H,1-7,11-12H2. The van der Waals surface area contributed by atoms with Crippen molar-refractivity contribution in [1.82, 2.24) is 0 Å². The van der Waals surface area contributed by atoms with Crippen molar-refractivity contribution >= 4 is 11.6 Å². The van der Waals surface area contributed by atoms with Gasteiger partial charge in [0.05, 0.1) is 0 Å². The van der Waals surface area contributed by atoms with Crippen LogP contribution in [0.5, 0.6) is 0 Å². The monoisotopic (exact) mass is 262 g/mol. The SMILES string of the molecule is ClCC(Cc1ccc2c(c1)CCC2)C1CCCC1. The molecule has 1 saturated carbocycles. The molecule has 0 amide bonds. The number of rotatable bonds is 4. The smallest absolute Gasteiger partial charge is 0.0257 e. The van der Waals surface area contributed by atoms with E-state index in [0.29, 0.717) is 5.92 Å². The van der Waals surface area contributed by atoms with E-state index in [1.807, 2.05) is 0 Å². The lowest BCUT2D eigenvalue weighted by Gasteiger charge is -2.21. The van der Waals surface area contributed by atoms with Crippen LogP contribution in [0.25, 0.3) is 0 Å². The average Bonchev–Trinajstić information content (AvgIpc) is 3.06. The summed E-state index contributed by atoms with van der Waals surface area (Å²) in [5.41, 5.74) is 4.71. The highest BCUT2D eigenvalue weighted by molar-refractivity contribution is 6.18. The zero-order valence-corrected chi connectivity index (χ0v) is 11.9. The van der Waals surface area contributed by atoms with Gasteiger partial charge in [0, 0.05) is 5.88 Å². The van der Waals surface area contributed by atoms with E-state index in [1.165, 1.54) is 56.9 Å². The number of benzene rings is 1. The summed E-state index contributed by atoms with van der Waals surface area (Å²) in [6.45, 7) is 0. The van der Waals surface area contributed by atoms with Crippen LogP contribution in [0.15, 0.2) is 18.2 Å². The van der Waals surface area contributed by atoms with Crippen molar-refractivity contribution in [3.63, 3.8) is 0 Å². The molecule has 0 aromatic heterocycles. The Morgan fingerprint density at radius 2 is 1.83 bits per heavy atom. The normalized spacial score (nSPS) is 21.2. The van der Waals surface area contributed by atoms with E-state index in [2.05, 4.69) is 18.2 Å². The second kappa shape index (κ2) is 5.65. The second-order valence-electron chi connectivity index (χ2n) is 6.12. The average molecular weight is 263 g/mol. The third-order valence-corrected chi connectivity index (χ3v) is 5.32. The molecule has 1 fully saturated rings. The van der Waals surface area contributed by atoms with Crippen molar-refractivity contribution in [1.29, 1.82) is 0 Å². The molecule has 1 aromatic carbocycles. The molecule has 18 heavy (non-hydrogen) atoms. The molecular formula is C17H23Cl. The molecule has 0 aliphatic heterocycles. The van der Waals surface area contributed by atoms with Crippen LogP contribution >= 0.6 is 11.6 Å². The maximum absolute atomic E-state index is 6.21. The highest BCUT2D eigenvalue weighted by atomic mass is 35.5. The third-order valence-electron chi connectivity index (χ3n) is 4.93. The zero-order chi connectivity index (χ0) is 12.4. The lowest BCUT2D eigenvalue weighted by Crippen LogP contribution is -2.16. The van der Waals surface area contributed by atoms with Gasteiger partial charge in [-0.2, -0.15) is 0 Å². The van der Waals surface area contributed by atoms with E-state index in [4.69, 9.17) is 11.6 Å². The molecular weight excluding hydrogens is 240 g/mol. The molecule has 1 heteroatoms. The number of hydrogen-bond donors (Lipinski definition) is 0. The fourth-order valence-electron chi connectivity index (χ4n) is 3.83. The third kappa shape index (κ3) is 2.59. The molecule has 1 atom stereocenters. The Morgan fingerprint density at radius 3 is 2.61 bits per heavy atom. The van der Waals surface area contributed by atoms with Crippen molar-refractivity contribution in [2.45, 2.75) is 51.4 Å². The lowest BCUT2D eigenvalue weighted by atomic mass is 9.86. The molecule has 0 bridgehead atoms. The van der Waals surface area contributed by atoms with Crippen molar-refractivity contribution in [3.8, 4) is 0 Å². The Balaban J connectivity index is 1.70. The molecule has 0 spiro atoms. The van der Waals surface area contributed by atoms with E-state index in [0.717, 1.165) is 11.8 Å². The minimum Gasteiger partial charge on any atom is -0.126 e. The summed E-state index contributed by atoms with van der Waals surface area (Å²) in [4.78, 5) is 0. The first-order valence-corrected chi connectivity index (χ1v) is 8.07. The van der Waals surface area contributed by atoms with Gasteiger partial charge in [-0.15, -0.1) is 11.6 Å². The van der Waals surface area contributed by atoms with Gasteiger partial charge < -0.3 is 0 Å². The predicted molar refractivity (Wildman–Crippen MR) is 78.3 cm³/mol. The summed E-state index contributed by atoms with van der Waals surface area (Å²) in [5, 5.41) is 0. The summed E-state index contributed by atoms with van der Waals surface area (Å²) < 4.78 is 0. The van der Waals surface area contributed by atoms with Crippen LogP contribution in [0.4, 0.5) is 0 Å². The Labute approximate surface area is 116 Å². The number of fused-ring (bicyclic) bond motifs is 1. The first-order valence-electron chi connectivity index (χ1n) is 7.53. The molecule has 0 N–H and O–H groups in total. The molecule has 3 rings (SSSR count). The summed E-state index contributed by atoms with van der Waals surface area (Å²) in [7, 11) is 0. The Morgan fingerprint density at radius 1 is 1.06 bits per heavy atom. The lowest BCUT2D eigenvalue weighted by molar-refractivity contribution is 0.369. The molecule has 1 aromatic rings. The van der Waals surface area contributed by atoms with E-state index >= 15 is 0 Å². The summed E-state index contributed by atoms with van der Waals surface area (Å²) >= 11 is 6.21. The van der Waals surface area contributed by atoms with Gasteiger partial charge in [0.2, 0.25) is 0 Å². The van der Waals surface area contributed by atoms with Crippen LogP contribution in [0.1, 0.15) is 48.8 Å². The van der Waals surface area contributed by atoms with Gasteiger partial charge in [0.25, 0.3) is 0 Å². The number of hydrogen-bond acceptors (Lipinski definition) is 0. The fourth-order valence-corrected chi connectivity index (χ4v) is 4.19. The van der Waals surface area contributed by atoms with Gasteiger partial charge in [-0.3, -0.25) is 0 Å². The molecule has 2 aliphatic rings. The van der Waals surface area contributed by atoms with Gasteiger partial charge in [-0.1, -0.05) is 43.9 Å². The molecule has 0 nitrogen and oxygen atoms in total. The largest absolute Gasteiger partial charge is 0.126 e. The maximum Gasteiger partial charge on any atom is 0.0257 e. The Hall–Kier alpha value is -0.490. The van der Waals surface area contributed by atoms with Crippen LogP contribution in [0.3, 0.4) is 0 Å². The highest BCUT2D eigenvalue weighted by Gasteiger charge is 2.24. The number of aryl methyl sites for hydroxylation is 2. The molecule has 98 valence electrons. The van der Waals surface area contributed by atoms with Crippen molar-refractivity contribution in [2.24, 2.45) is 11.8 Å². The molecule has 2 aliphatic carbocycles. The summed E-state index contributed by atoms with van der Waals surface area (Å²) in [5.74, 6) is 2.42. The molecule has 0 heterocycles. The topological polar surface area (TPSA) is 0 Å². The summed E-state index contributed by atoms with van der Waals surface area (Å²) in [6, 6.07) is 7.16. The Kier molecular flexibility index (Phi) is 3.94. The van der Waals surface area contributed by atoms with E-state index in [-0.39, 0.29) is 0 Å². The van der Waals surface area contributed by atoms with Gasteiger partial charge >= 0.3 is 0 Å². The van der Waals surface area contributed by atoms with E-state index < -0.39 is 0 Å². The quantitative estimate of drug-likeness (QED) is 0.686. The van der Waals surface area contributed by atoms with Gasteiger partial charge in [0.1, 0.15) is 0 Å². The molecule has 0 saturated heterocycles. The molecule has 1 unspecified atom stereocenters. The van der Waals surface area contributed by atoms with Crippen LogP contribution in [0.2, 0.25) is 0 Å². The van der Waals surface area contributed by atoms with E-state index in [9.17, 15) is 0 Å². The van der Waals surface area contributed by atoms with Crippen molar-refractivity contribution in [3.05, 3.63) is 34.9 Å². The van der Waals surface area contributed by atoms with E-state index in [1.54, 1.807) is 11.1 Å². The van der Waals surface area contributed by atoms with Crippen molar-refractivity contribution < 1.29 is 0 Å². The first-order chi connectivity index (χ1) is 8.86. The molecule has 0 radical (unpaired) electrons. The second-order valence-corrected chi connectivity index (χ2v) is 6.43. The first kappa shape index (κ1) is 12.5. The van der Waals surface area contributed by atoms with Crippen molar-refractivity contribution in [2.75, 3.05) is 5.88 Å². The van der Waals surface area contributed by atoms with Crippen LogP contribution < -0.4 is 0 Å². The van der Waals surface area contributed by atoms with Crippen LogP contribution in [-0.2, 0) is 19.3 Å². The van der Waals surface area contributed by atoms with Crippen LogP contribution in [0, 0.1) is 11.8 Å². The predicted octanol–water partition coefficient (Wildman–Crippen LogP) is 4.76. The fraction of sp³-hybridized carbons (Fsp3) is 0.647. The van der Waals surface area contributed by atoms with Gasteiger partial charge in [-0.05, 0) is 54.2 Å². The summed E-state index contributed by atoms with van der Waals surface area (Å²) in [6.07, 6.45) is 10.8. The minimum atomic E-state index is 0.702. The Bertz CT molecular complexity index is 404.